The van der Waals surface area contributed by atoms with Gasteiger partial charge in [-0.2, -0.15) is 0 Å². The summed E-state index contributed by atoms with van der Waals surface area (Å²) in [4.78, 5) is 45.8. The number of nitrogens with zero attached hydrogens (tertiary/aromatic N) is 4. The molecular formula is C25H23FN4O4. The fraction of sp³-hybridized carbons (Fsp3) is 0.200. The van der Waals surface area contributed by atoms with Gasteiger partial charge >= 0.3 is 5.69 Å². The van der Waals surface area contributed by atoms with Crippen molar-refractivity contribution in [2.75, 3.05) is 19.1 Å². The van der Waals surface area contributed by atoms with Crippen LogP contribution in [0.25, 0.3) is 16.7 Å². The van der Waals surface area contributed by atoms with E-state index in [0.717, 1.165) is 4.57 Å². The second kappa shape index (κ2) is 8.93. The highest BCUT2D eigenvalue weighted by Crippen LogP contribution is 2.24. The summed E-state index contributed by atoms with van der Waals surface area (Å²) in [5, 5.41) is 0.230. The van der Waals surface area contributed by atoms with Crippen LogP contribution in [0.2, 0.25) is 0 Å². The SMILES string of the molecule is COc1ccccc1-n1c(=O)n(CC(=O)N(C)c2ccc(F)cc2)c(=O)c2c(C)cc(C)nc21. The first kappa shape index (κ1) is 22.9. The molecule has 9 heteroatoms. The number of fused-ring (bicyclic) bond motifs is 1. The van der Waals surface area contributed by atoms with Gasteiger partial charge < -0.3 is 9.64 Å². The Morgan fingerprint density at radius 3 is 2.44 bits per heavy atom. The number of carbonyl (C=O) groups is 1. The molecule has 0 aliphatic heterocycles. The lowest BCUT2D eigenvalue weighted by Gasteiger charge is -2.20. The summed E-state index contributed by atoms with van der Waals surface area (Å²) in [5.41, 5.74) is 0.941. The highest BCUT2D eigenvalue weighted by molar-refractivity contribution is 5.92. The lowest BCUT2D eigenvalue weighted by Crippen LogP contribution is -2.44. The van der Waals surface area contributed by atoms with Crippen LogP contribution < -0.4 is 20.9 Å². The number of aryl methyl sites for hydroxylation is 2. The van der Waals surface area contributed by atoms with Crippen molar-refractivity contribution < 1.29 is 13.9 Å². The number of likely N-dealkylation sites (N-methyl/N-ethyl adjacent to an activating group) is 1. The predicted octanol–water partition coefficient (Wildman–Crippen LogP) is 2.97. The Labute approximate surface area is 194 Å². The van der Waals surface area contributed by atoms with E-state index in [1.54, 1.807) is 44.2 Å². The number of pyridine rings is 1. The van der Waals surface area contributed by atoms with Gasteiger partial charge in [-0.1, -0.05) is 12.1 Å². The van der Waals surface area contributed by atoms with Crippen LogP contribution >= 0.6 is 0 Å². The average Bonchev–Trinajstić information content (AvgIpc) is 2.81. The molecule has 1 amide bonds. The molecule has 0 radical (unpaired) electrons. The van der Waals surface area contributed by atoms with E-state index in [1.807, 2.05) is 0 Å². The van der Waals surface area contributed by atoms with Gasteiger partial charge in [0, 0.05) is 18.4 Å². The summed E-state index contributed by atoms with van der Waals surface area (Å²) in [6.07, 6.45) is 0. The fourth-order valence-corrected chi connectivity index (χ4v) is 3.90. The monoisotopic (exact) mass is 462 g/mol. The van der Waals surface area contributed by atoms with Crippen molar-refractivity contribution in [1.29, 1.82) is 0 Å². The van der Waals surface area contributed by atoms with Gasteiger partial charge in [-0.3, -0.25) is 9.59 Å². The molecule has 174 valence electrons. The maximum atomic E-state index is 13.6. The van der Waals surface area contributed by atoms with Gasteiger partial charge in [0.05, 0.1) is 18.2 Å². The molecule has 0 fully saturated rings. The first-order valence-corrected chi connectivity index (χ1v) is 10.5. The Kier molecular flexibility index (Phi) is 6.02. The zero-order valence-electron chi connectivity index (χ0n) is 19.2. The Balaban J connectivity index is 1.95. The predicted molar refractivity (Wildman–Crippen MR) is 127 cm³/mol. The molecule has 2 heterocycles. The minimum Gasteiger partial charge on any atom is -0.495 e. The summed E-state index contributed by atoms with van der Waals surface area (Å²) in [6, 6.07) is 14.0. The number of anilines is 1. The summed E-state index contributed by atoms with van der Waals surface area (Å²) in [5.74, 6) is -0.547. The van der Waals surface area contributed by atoms with E-state index in [1.165, 1.54) is 47.9 Å². The van der Waals surface area contributed by atoms with Gasteiger partial charge in [-0.05, 0) is 61.9 Å². The third-order valence-electron chi connectivity index (χ3n) is 5.63. The minimum absolute atomic E-state index is 0.188. The second-order valence-electron chi connectivity index (χ2n) is 7.89. The van der Waals surface area contributed by atoms with E-state index in [9.17, 15) is 18.8 Å². The molecule has 0 spiro atoms. The number of halogens is 1. The molecule has 0 unspecified atom stereocenters. The van der Waals surface area contributed by atoms with E-state index in [0.29, 0.717) is 28.4 Å². The maximum Gasteiger partial charge on any atom is 0.337 e. The molecule has 0 atom stereocenters. The standard InChI is InChI=1S/C25H23FN4O4/c1-15-13-16(2)27-23-22(15)24(32)29(14-21(31)28(3)18-11-9-17(26)10-12-18)25(33)30(23)19-7-5-6-8-20(19)34-4/h5-13H,14H2,1-4H3. The lowest BCUT2D eigenvalue weighted by molar-refractivity contribution is -0.119. The Morgan fingerprint density at radius 2 is 1.76 bits per heavy atom. The highest BCUT2D eigenvalue weighted by atomic mass is 19.1. The number of methoxy groups -OCH3 is 1. The van der Waals surface area contributed by atoms with Gasteiger partial charge in [0.15, 0.2) is 5.65 Å². The second-order valence-corrected chi connectivity index (χ2v) is 7.89. The van der Waals surface area contributed by atoms with Crippen molar-refractivity contribution in [2.45, 2.75) is 20.4 Å². The molecule has 0 N–H and O–H groups in total. The smallest absolute Gasteiger partial charge is 0.337 e. The Hall–Kier alpha value is -4.27. The Bertz CT molecular complexity index is 1520. The van der Waals surface area contributed by atoms with Crippen molar-refractivity contribution in [3.63, 3.8) is 0 Å². The fourth-order valence-electron chi connectivity index (χ4n) is 3.90. The molecule has 4 rings (SSSR count). The van der Waals surface area contributed by atoms with Crippen molar-refractivity contribution in [2.24, 2.45) is 0 Å². The molecule has 8 nitrogen and oxygen atoms in total. The van der Waals surface area contributed by atoms with Crippen molar-refractivity contribution in [1.82, 2.24) is 14.1 Å². The van der Waals surface area contributed by atoms with Crippen LogP contribution in [-0.2, 0) is 11.3 Å². The number of hydrogen-bond donors (Lipinski definition) is 0. The van der Waals surface area contributed by atoms with Crippen molar-refractivity contribution in [3.8, 4) is 11.4 Å². The summed E-state index contributed by atoms with van der Waals surface area (Å²) < 4.78 is 20.9. The lowest BCUT2D eigenvalue weighted by atomic mass is 10.1. The van der Waals surface area contributed by atoms with Crippen molar-refractivity contribution >= 4 is 22.6 Å². The number of para-hydroxylation sites is 2. The van der Waals surface area contributed by atoms with Gasteiger partial charge in [0.1, 0.15) is 18.1 Å². The molecule has 0 bridgehead atoms. The maximum absolute atomic E-state index is 13.6. The molecule has 2 aromatic heterocycles. The van der Waals surface area contributed by atoms with E-state index in [4.69, 9.17) is 4.74 Å². The largest absolute Gasteiger partial charge is 0.495 e. The van der Waals surface area contributed by atoms with Crippen LogP contribution in [0.3, 0.4) is 0 Å². The molecule has 4 aromatic rings. The highest BCUT2D eigenvalue weighted by Gasteiger charge is 2.22. The number of rotatable bonds is 5. The van der Waals surface area contributed by atoms with E-state index in [2.05, 4.69) is 4.98 Å². The number of benzene rings is 2. The normalized spacial score (nSPS) is 11.0. The number of carbonyl (C=O) groups excluding carboxylic acids is 1. The van der Waals surface area contributed by atoms with Crippen molar-refractivity contribution in [3.05, 3.63) is 92.5 Å². The average molecular weight is 462 g/mol. The van der Waals surface area contributed by atoms with E-state index < -0.39 is 29.5 Å². The van der Waals surface area contributed by atoms with Gasteiger partial charge in [-0.15, -0.1) is 0 Å². The van der Waals surface area contributed by atoms with Gasteiger partial charge in [0.2, 0.25) is 5.91 Å². The number of amides is 1. The van der Waals surface area contributed by atoms with Crippen LogP contribution in [0, 0.1) is 19.7 Å². The first-order valence-electron chi connectivity index (χ1n) is 10.5. The minimum atomic E-state index is -0.722. The molecule has 2 aromatic carbocycles. The molecule has 0 aliphatic carbocycles. The van der Waals surface area contributed by atoms with Crippen LogP contribution in [-0.4, -0.2) is 34.2 Å². The Morgan fingerprint density at radius 1 is 1.09 bits per heavy atom. The van der Waals surface area contributed by atoms with Crippen LogP contribution in [0.4, 0.5) is 10.1 Å². The van der Waals surface area contributed by atoms with Crippen LogP contribution in [0.5, 0.6) is 5.75 Å². The zero-order valence-corrected chi connectivity index (χ0v) is 19.2. The third kappa shape index (κ3) is 3.96. The van der Waals surface area contributed by atoms with Crippen LogP contribution in [0.15, 0.2) is 64.2 Å². The first-order chi connectivity index (χ1) is 16.2. The van der Waals surface area contributed by atoms with Gasteiger partial charge in [0.25, 0.3) is 5.56 Å². The molecule has 0 aliphatic rings. The molecule has 0 saturated carbocycles. The number of aromatic nitrogens is 3. The summed E-state index contributed by atoms with van der Waals surface area (Å²) in [6.45, 7) is 3.02. The third-order valence-corrected chi connectivity index (χ3v) is 5.63. The zero-order chi connectivity index (χ0) is 24.6. The van der Waals surface area contributed by atoms with Gasteiger partial charge in [-0.25, -0.2) is 23.3 Å². The molecular weight excluding hydrogens is 439 g/mol. The quantitative estimate of drug-likeness (QED) is 0.455. The number of hydrogen-bond acceptors (Lipinski definition) is 5. The summed E-state index contributed by atoms with van der Waals surface area (Å²) in [7, 11) is 2.98. The topological polar surface area (TPSA) is 86.4 Å². The van der Waals surface area contributed by atoms with E-state index in [-0.39, 0.29) is 11.0 Å². The molecule has 0 saturated heterocycles. The number of ether oxygens (including phenoxy) is 1. The van der Waals surface area contributed by atoms with Crippen LogP contribution in [0.1, 0.15) is 11.3 Å². The molecule has 34 heavy (non-hydrogen) atoms. The van der Waals surface area contributed by atoms with E-state index >= 15 is 0 Å². The summed E-state index contributed by atoms with van der Waals surface area (Å²) >= 11 is 0.